The molecular formula is C30H29FN2O3S. The van der Waals surface area contributed by atoms with Crippen molar-refractivity contribution in [3.8, 4) is 16.9 Å². The van der Waals surface area contributed by atoms with Gasteiger partial charge in [-0.3, -0.25) is 9.59 Å². The van der Waals surface area contributed by atoms with Gasteiger partial charge in [0.15, 0.2) is 0 Å². The molecular weight excluding hydrogens is 487 g/mol. The van der Waals surface area contributed by atoms with E-state index in [-0.39, 0.29) is 36.0 Å². The van der Waals surface area contributed by atoms with Crippen molar-refractivity contribution < 1.29 is 19.1 Å². The standard InChI is InChI=1S/C30H29FN2O3S/c1-19(34)32-23-14-11-20(12-15-23)21-13-16-26(31)22(17-21)18-33(24-7-3-2-4-8-24)30(36)29-28(35)25-9-5-6-10-27(25)37-29/h5-6,9-17,24,35H,2-4,7-8,18H2,1H3,(H,32,34). The number of nitrogens with one attached hydrogen (secondary N) is 1. The van der Waals surface area contributed by atoms with Crippen LogP contribution in [-0.2, 0) is 11.3 Å². The lowest BCUT2D eigenvalue weighted by atomic mass is 9.93. The molecule has 190 valence electrons. The summed E-state index contributed by atoms with van der Waals surface area (Å²) in [5, 5.41) is 14.3. The number of thiophene rings is 1. The van der Waals surface area contributed by atoms with Gasteiger partial charge in [0.25, 0.3) is 5.91 Å². The smallest absolute Gasteiger partial charge is 0.268 e. The number of carbonyl (C=O) groups is 2. The monoisotopic (exact) mass is 516 g/mol. The van der Waals surface area contributed by atoms with Crippen molar-refractivity contribution in [2.45, 2.75) is 51.6 Å². The third-order valence-electron chi connectivity index (χ3n) is 6.96. The summed E-state index contributed by atoms with van der Waals surface area (Å²) in [6, 6.07) is 19.7. The molecule has 0 atom stereocenters. The highest BCUT2D eigenvalue weighted by atomic mass is 32.1. The average molecular weight is 517 g/mol. The van der Waals surface area contributed by atoms with Crippen molar-refractivity contribution in [3.63, 3.8) is 0 Å². The number of amides is 2. The van der Waals surface area contributed by atoms with Crippen molar-refractivity contribution >= 4 is 38.9 Å². The van der Waals surface area contributed by atoms with Crippen molar-refractivity contribution in [1.82, 2.24) is 4.90 Å². The van der Waals surface area contributed by atoms with E-state index >= 15 is 4.39 Å². The van der Waals surface area contributed by atoms with Crippen LogP contribution < -0.4 is 5.32 Å². The van der Waals surface area contributed by atoms with Crippen LogP contribution in [0.3, 0.4) is 0 Å². The molecule has 2 N–H and O–H groups in total. The van der Waals surface area contributed by atoms with Crippen LogP contribution in [0.15, 0.2) is 66.7 Å². The highest BCUT2D eigenvalue weighted by molar-refractivity contribution is 7.21. The summed E-state index contributed by atoms with van der Waals surface area (Å²) >= 11 is 1.28. The molecule has 7 heteroatoms. The number of benzene rings is 3. The predicted molar refractivity (Wildman–Crippen MR) is 146 cm³/mol. The number of aromatic hydroxyl groups is 1. The molecule has 0 spiro atoms. The third-order valence-corrected chi connectivity index (χ3v) is 8.11. The maximum Gasteiger partial charge on any atom is 0.268 e. The molecule has 1 aromatic heterocycles. The van der Waals surface area contributed by atoms with Crippen LogP contribution in [-0.4, -0.2) is 27.9 Å². The average Bonchev–Trinajstić information content (AvgIpc) is 3.25. The number of halogens is 1. The van der Waals surface area contributed by atoms with Crippen LogP contribution in [0.5, 0.6) is 5.75 Å². The lowest BCUT2D eigenvalue weighted by Crippen LogP contribution is -2.40. The molecule has 0 bridgehead atoms. The van der Waals surface area contributed by atoms with Crippen LogP contribution in [0.2, 0.25) is 0 Å². The summed E-state index contributed by atoms with van der Waals surface area (Å²) in [7, 11) is 0. The summed E-state index contributed by atoms with van der Waals surface area (Å²) < 4.78 is 16.0. The lowest BCUT2D eigenvalue weighted by Gasteiger charge is -2.34. The van der Waals surface area contributed by atoms with E-state index in [4.69, 9.17) is 0 Å². The van der Waals surface area contributed by atoms with Gasteiger partial charge in [0, 0.05) is 40.8 Å². The van der Waals surface area contributed by atoms with Crippen molar-refractivity contribution in [2.75, 3.05) is 5.32 Å². The fourth-order valence-electron chi connectivity index (χ4n) is 5.07. The first-order valence-corrected chi connectivity index (χ1v) is 13.4. The summed E-state index contributed by atoms with van der Waals surface area (Å²) in [5.41, 5.74) is 2.83. The Kier molecular flexibility index (Phi) is 7.24. The molecule has 1 aliphatic rings. The number of rotatable bonds is 6. The number of hydrogen-bond donors (Lipinski definition) is 2. The van der Waals surface area contributed by atoms with E-state index in [1.807, 2.05) is 48.5 Å². The van der Waals surface area contributed by atoms with Gasteiger partial charge in [0.2, 0.25) is 5.91 Å². The minimum absolute atomic E-state index is 0.0000998. The highest BCUT2D eigenvalue weighted by Crippen LogP contribution is 2.39. The Morgan fingerprint density at radius 1 is 1.00 bits per heavy atom. The number of fused-ring (bicyclic) bond motifs is 1. The van der Waals surface area contributed by atoms with Crippen molar-refractivity contribution in [2.24, 2.45) is 0 Å². The van der Waals surface area contributed by atoms with E-state index < -0.39 is 0 Å². The quantitative estimate of drug-likeness (QED) is 0.282. The van der Waals surface area contributed by atoms with Gasteiger partial charge in [-0.2, -0.15) is 0 Å². The molecule has 0 unspecified atom stereocenters. The molecule has 5 rings (SSSR count). The number of nitrogens with zero attached hydrogens (tertiary/aromatic N) is 1. The zero-order valence-electron chi connectivity index (χ0n) is 20.7. The summed E-state index contributed by atoms with van der Waals surface area (Å²) in [6.45, 7) is 1.58. The van der Waals surface area contributed by atoms with Crippen molar-refractivity contribution in [3.05, 3.63) is 83.0 Å². The molecule has 1 fully saturated rings. The third kappa shape index (κ3) is 5.37. The SMILES string of the molecule is CC(=O)Nc1ccc(-c2ccc(F)c(CN(C(=O)c3sc4ccccc4c3O)C3CCCCC3)c2)cc1. The zero-order chi connectivity index (χ0) is 25.9. The maximum atomic E-state index is 15.1. The first-order valence-electron chi connectivity index (χ1n) is 12.6. The minimum atomic E-state index is -0.368. The largest absolute Gasteiger partial charge is 0.506 e. The zero-order valence-corrected chi connectivity index (χ0v) is 21.5. The topological polar surface area (TPSA) is 69.6 Å². The van der Waals surface area contributed by atoms with Crippen LogP contribution in [0, 0.1) is 5.82 Å². The molecule has 1 heterocycles. The number of carbonyl (C=O) groups excluding carboxylic acids is 2. The van der Waals surface area contributed by atoms with Gasteiger partial charge in [-0.05, 0) is 60.4 Å². The first-order chi connectivity index (χ1) is 17.9. The van der Waals surface area contributed by atoms with Crippen LogP contribution in [0.4, 0.5) is 10.1 Å². The second kappa shape index (κ2) is 10.7. The Balaban J connectivity index is 1.47. The molecule has 0 radical (unpaired) electrons. The highest BCUT2D eigenvalue weighted by Gasteiger charge is 2.30. The summed E-state index contributed by atoms with van der Waals surface area (Å²) in [4.78, 5) is 27.2. The maximum absolute atomic E-state index is 15.1. The fraction of sp³-hybridized carbons (Fsp3) is 0.267. The first kappa shape index (κ1) is 25.0. The second-order valence-electron chi connectivity index (χ2n) is 9.57. The van der Waals surface area contributed by atoms with Crippen molar-refractivity contribution in [1.29, 1.82) is 0 Å². The Hall–Kier alpha value is -3.71. The van der Waals surface area contributed by atoms with E-state index in [2.05, 4.69) is 5.32 Å². The van der Waals surface area contributed by atoms with Gasteiger partial charge in [-0.25, -0.2) is 4.39 Å². The van der Waals surface area contributed by atoms with Gasteiger partial charge >= 0.3 is 0 Å². The number of hydrogen-bond acceptors (Lipinski definition) is 4. The van der Waals surface area contributed by atoms with E-state index in [9.17, 15) is 14.7 Å². The lowest BCUT2D eigenvalue weighted by molar-refractivity contribution is -0.114. The van der Waals surface area contributed by atoms with E-state index in [0.29, 0.717) is 21.5 Å². The molecule has 1 aliphatic carbocycles. The molecule has 2 amide bonds. The fourth-order valence-corrected chi connectivity index (χ4v) is 6.13. The minimum Gasteiger partial charge on any atom is -0.506 e. The van der Waals surface area contributed by atoms with Crippen LogP contribution >= 0.6 is 11.3 Å². The molecule has 0 saturated heterocycles. The van der Waals surface area contributed by atoms with Gasteiger partial charge in [-0.15, -0.1) is 11.3 Å². The Bertz CT molecular complexity index is 1440. The van der Waals surface area contributed by atoms with Gasteiger partial charge in [-0.1, -0.05) is 49.6 Å². The van der Waals surface area contributed by atoms with Gasteiger partial charge in [0.05, 0.1) is 0 Å². The van der Waals surface area contributed by atoms with Gasteiger partial charge in [0.1, 0.15) is 16.4 Å². The Labute approximate surface area is 219 Å². The predicted octanol–water partition coefficient (Wildman–Crippen LogP) is 7.35. The molecule has 37 heavy (non-hydrogen) atoms. The van der Waals surface area contributed by atoms with Gasteiger partial charge < -0.3 is 15.3 Å². The van der Waals surface area contributed by atoms with Crippen LogP contribution in [0.1, 0.15) is 54.3 Å². The van der Waals surface area contributed by atoms with E-state index in [1.54, 1.807) is 17.0 Å². The normalized spacial score (nSPS) is 14.0. The Morgan fingerprint density at radius 2 is 1.70 bits per heavy atom. The molecule has 1 saturated carbocycles. The Morgan fingerprint density at radius 3 is 2.41 bits per heavy atom. The second-order valence-corrected chi connectivity index (χ2v) is 10.6. The van der Waals surface area contributed by atoms with Crippen LogP contribution in [0.25, 0.3) is 21.2 Å². The molecule has 3 aromatic carbocycles. The summed E-state index contributed by atoms with van der Waals surface area (Å²) in [6.07, 6.45) is 4.91. The number of anilines is 1. The molecule has 5 nitrogen and oxygen atoms in total. The van der Waals surface area contributed by atoms with E-state index in [1.165, 1.54) is 24.3 Å². The molecule has 4 aromatic rings. The van der Waals surface area contributed by atoms with E-state index in [0.717, 1.165) is 47.9 Å². The molecule has 0 aliphatic heterocycles. The summed E-state index contributed by atoms with van der Waals surface area (Å²) in [5.74, 6) is -0.767.